The van der Waals surface area contributed by atoms with Crippen LogP contribution < -0.4 is 4.90 Å². The van der Waals surface area contributed by atoms with Crippen molar-refractivity contribution in [3.05, 3.63) is 58.9 Å². The number of carbonyl (C=O) groups excluding carboxylic acids is 2. The zero-order valence-corrected chi connectivity index (χ0v) is 15.7. The van der Waals surface area contributed by atoms with Crippen LogP contribution in [0.15, 0.2) is 42.6 Å². The van der Waals surface area contributed by atoms with Crippen LogP contribution >= 0.6 is 11.6 Å². The van der Waals surface area contributed by atoms with E-state index in [9.17, 15) is 9.59 Å². The maximum atomic E-state index is 13.1. The van der Waals surface area contributed by atoms with Crippen molar-refractivity contribution in [1.82, 2.24) is 9.88 Å². The highest BCUT2D eigenvalue weighted by atomic mass is 35.5. The molecule has 0 radical (unpaired) electrons. The molecule has 2 aromatic rings. The molecule has 7 nitrogen and oxygen atoms in total. The second kappa shape index (κ2) is 8.83. The highest BCUT2D eigenvalue weighted by molar-refractivity contribution is 6.30. The number of ether oxygens (including phenoxy) is 2. The molecular formula is C19H20ClN3O4. The first kappa shape index (κ1) is 19.1. The molecule has 0 spiro atoms. The minimum atomic E-state index is -0.454. The average Bonchev–Trinajstić information content (AvgIpc) is 2.72. The molecule has 8 heteroatoms. The summed E-state index contributed by atoms with van der Waals surface area (Å²) in [6.45, 7) is 2.34. The third-order valence-electron chi connectivity index (χ3n) is 4.20. The Balaban J connectivity index is 1.85. The van der Waals surface area contributed by atoms with Gasteiger partial charge in [0, 0.05) is 30.0 Å². The van der Waals surface area contributed by atoms with Crippen molar-refractivity contribution in [3.8, 4) is 0 Å². The van der Waals surface area contributed by atoms with Crippen LogP contribution in [0, 0.1) is 0 Å². The number of esters is 1. The van der Waals surface area contributed by atoms with E-state index in [-0.39, 0.29) is 12.6 Å². The maximum absolute atomic E-state index is 13.1. The number of hydrogen-bond donors (Lipinski definition) is 0. The number of urea groups is 1. The molecule has 0 unspecified atom stereocenters. The highest BCUT2D eigenvalue weighted by Gasteiger charge is 2.25. The van der Waals surface area contributed by atoms with Gasteiger partial charge in [0.2, 0.25) is 0 Å². The normalized spacial score (nSPS) is 13.9. The lowest BCUT2D eigenvalue weighted by Crippen LogP contribution is -2.48. The van der Waals surface area contributed by atoms with Crippen LogP contribution in [-0.4, -0.2) is 55.3 Å². The summed E-state index contributed by atoms with van der Waals surface area (Å²) in [5.41, 5.74) is 1.68. The smallest absolute Gasteiger partial charge is 0.339 e. The molecule has 142 valence electrons. The number of carbonyl (C=O) groups is 2. The minimum Gasteiger partial charge on any atom is -0.465 e. The molecule has 1 aliphatic rings. The number of amides is 2. The Labute approximate surface area is 162 Å². The minimum absolute atomic E-state index is 0.139. The zero-order chi connectivity index (χ0) is 19.2. The summed E-state index contributed by atoms with van der Waals surface area (Å²) < 4.78 is 10.0. The second-order valence-corrected chi connectivity index (χ2v) is 6.41. The van der Waals surface area contributed by atoms with Gasteiger partial charge in [-0.25, -0.2) is 9.59 Å². The predicted molar refractivity (Wildman–Crippen MR) is 101 cm³/mol. The van der Waals surface area contributed by atoms with Crippen LogP contribution in [0.5, 0.6) is 0 Å². The van der Waals surface area contributed by atoms with E-state index in [2.05, 4.69) is 9.72 Å². The summed E-state index contributed by atoms with van der Waals surface area (Å²) >= 11 is 6.12. The van der Waals surface area contributed by atoms with Gasteiger partial charge < -0.3 is 14.4 Å². The Kier molecular flexibility index (Phi) is 6.26. The van der Waals surface area contributed by atoms with Crippen LogP contribution in [-0.2, 0) is 16.0 Å². The van der Waals surface area contributed by atoms with Crippen LogP contribution in [0.1, 0.15) is 16.1 Å². The zero-order valence-electron chi connectivity index (χ0n) is 14.9. The predicted octanol–water partition coefficient (Wildman–Crippen LogP) is 2.98. The molecule has 27 heavy (non-hydrogen) atoms. The SMILES string of the molecule is COC(=O)c1ccc(CN(C(=O)N2CCOCC2)c2cccc(Cl)c2)nc1. The van der Waals surface area contributed by atoms with Gasteiger partial charge >= 0.3 is 12.0 Å². The van der Waals surface area contributed by atoms with E-state index in [1.54, 1.807) is 40.1 Å². The van der Waals surface area contributed by atoms with Gasteiger partial charge in [0.15, 0.2) is 0 Å². The Morgan fingerprint density at radius 2 is 2.04 bits per heavy atom. The number of benzene rings is 1. The van der Waals surface area contributed by atoms with E-state index in [0.29, 0.717) is 48.3 Å². The van der Waals surface area contributed by atoms with Gasteiger partial charge in [-0.3, -0.25) is 9.88 Å². The number of nitrogens with zero attached hydrogens (tertiary/aromatic N) is 3. The molecule has 2 heterocycles. The van der Waals surface area contributed by atoms with Gasteiger partial charge in [-0.1, -0.05) is 17.7 Å². The van der Waals surface area contributed by atoms with Crippen molar-refractivity contribution < 1.29 is 19.1 Å². The van der Waals surface area contributed by atoms with Gasteiger partial charge in [-0.05, 0) is 30.3 Å². The summed E-state index contributed by atoms with van der Waals surface area (Å²) in [6.07, 6.45) is 1.44. The molecular weight excluding hydrogens is 370 g/mol. The van der Waals surface area contributed by atoms with Crippen molar-refractivity contribution in [2.45, 2.75) is 6.54 Å². The summed E-state index contributed by atoms with van der Waals surface area (Å²) in [5.74, 6) is -0.454. The highest BCUT2D eigenvalue weighted by Crippen LogP contribution is 2.23. The van der Waals surface area contributed by atoms with Crippen molar-refractivity contribution >= 4 is 29.3 Å². The lowest BCUT2D eigenvalue weighted by atomic mass is 10.2. The number of morpholine rings is 1. The van der Waals surface area contributed by atoms with Gasteiger partial charge in [-0.15, -0.1) is 0 Å². The Hall–Kier alpha value is -2.64. The van der Waals surface area contributed by atoms with Gasteiger partial charge in [0.05, 0.1) is 38.1 Å². The number of anilines is 1. The van der Waals surface area contributed by atoms with Gasteiger partial charge in [0.1, 0.15) is 0 Å². The van der Waals surface area contributed by atoms with Crippen molar-refractivity contribution in [2.75, 3.05) is 38.3 Å². The number of aromatic nitrogens is 1. The number of rotatable bonds is 4. The summed E-state index contributed by atoms with van der Waals surface area (Å²) in [7, 11) is 1.32. The number of halogens is 1. The molecule has 1 aliphatic heterocycles. The maximum Gasteiger partial charge on any atom is 0.339 e. The molecule has 3 rings (SSSR count). The largest absolute Gasteiger partial charge is 0.465 e. The van der Waals surface area contributed by atoms with Crippen LogP contribution in [0.25, 0.3) is 0 Å². The number of methoxy groups -OCH3 is 1. The molecule has 0 N–H and O–H groups in total. The fourth-order valence-electron chi connectivity index (χ4n) is 2.76. The van der Waals surface area contributed by atoms with E-state index in [1.807, 2.05) is 6.07 Å². The number of hydrogen-bond acceptors (Lipinski definition) is 5. The Morgan fingerprint density at radius 1 is 1.26 bits per heavy atom. The second-order valence-electron chi connectivity index (χ2n) is 5.98. The monoisotopic (exact) mass is 389 g/mol. The molecule has 1 fully saturated rings. The van der Waals surface area contributed by atoms with Gasteiger partial charge in [0.25, 0.3) is 0 Å². The van der Waals surface area contributed by atoms with E-state index >= 15 is 0 Å². The lowest BCUT2D eigenvalue weighted by molar-refractivity contribution is 0.0548. The molecule has 0 atom stereocenters. The Morgan fingerprint density at radius 3 is 2.67 bits per heavy atom. The first-order chi connectivity index (χ1) is 13.1. The van der Waals surface area contributed by atoms with Gasteiger partial charge in [-0.2, -0.15) is 0 Å². The fourth-order valence-corrected chi connectivity index (χ4v) is 2.94. The van der Waals surface area contributed by atoms with Crippen molar-refractivity contribution in [3.63, 3.8) is 0 Å². The van der Waals surface area contributed by atoms with E-state index < -0.39 is 5.97 Å². The van der Waals surface area contributed by atoms with Crippen LogP contribution in [0.2, 0.25) is 5.02 Å². The molecule has 1 aromatic carbocycles. The Bertz CT molecular complexity index is 807. The third-order valence-corrected chi connectivity index (χ3v) is 4.43. The first-order valence-electron chi connectivity index (χ1n) is 8.51. The lowest BCUT2D eigenvalue weighted by Gasteiger charge is -2.33. The first-order valence-corrected chi connectivity index (χ1v) is 8.89. The molecule has 2 amide bonds. The average molecular weight is 390 g/mol. The van der Waals surface area contributed by atoms with Crippen LogP contribution in [0.3, 0.4) is 0 Å². The summed E-state index contributed by atoms with van der Waals surface area (Å²) in [5, 5.41) is 0.543. The van der Waals surface area contributed by atoms with Crippen molar-refractivity contribution in [1.29, 1.82) is 0 Å². The molecule has 0 aliphatic carbocycles. The van der Waals surface area contributed by atoms with Crippen LogP contribution in [0.4, 0.5) is 10.5 Å². The van der Waals surface area contributed by atoms with E-state index in [4.69, 9.17) is 16.3 Å². The van der Waals surface area contributed by atoms with E-state index in [1.165, 1.54) is 13.3 Å². The molecule has 0 bridgehead atoms. The standard InChI is InChI=1S/C19H20ClN3O4/c1-26-18(24)14-5-6-16(21-12-14)13-23(17-4-2-3-15(20)11-17)19(25)22-7-9-27-10-8-22/h2-6,11-12H,7-10,13H2,1H3. The number of pyridine rings is 1. The quantitative estimate of drug-likeness (QED) is 0.752. The summed E-state index contributed by atoms with van der Waals surface area (Å²) in [4.78, 5) is 32.3. The van der Waals surface area contributed by atoms with E-state index in [0.717, 1.165) is 0 Å². The topological polar surface area (TPSA) is 72.0 Å². The molecule has 0 saturated carbocycles. The molecule has 1 saturated heterocycles. The third kappa shape index (κ3) is 4.75. The van der Waals surface area contributed by atoms with Crippen molar-refractivity contribution in [2.24, 2.45) is 0 Å². The fraction of sp³-hybridized carbons (Fsp3) is 0.316. The molecule has 1 aromatic heterocycles. The summed E-state index contributed by atoms with van der Waals surface area (Å²) in [6, 6.07) is 10.3.